The number of carbonyl (C=O) groups excluding carboxylic acids is 1. The number of pyridine rings is 1. The van der Waals surface area contributed by atoms with Crippen molar-refractivity contribution in [2.75, 3.05) is 13.2 Å². The molecule has 3 rings (SSSR count). The van der Waals surface area contributed by atoms with Gasteiger partial charge in [0.1, 0.15) is 6.61 Å². The van der Waals surface area contributed by atoms with Gasteiger partial charge in [0.25, 0.3) is 0 Å². The average Bonchev–Trinajstić information content (AvgIpc) is 2.84. The van der Waals surface area contributed by atoms with Crippen LogP contribution in [0.2, 0.25) is 5.02 Å². The zero-order valence-corrected chi connectivity index (χ0v) is 16.5. The second-order valence-corrected chi connectivity index (χ2v) is 7.44. The number of ether oxygens (including phenoxy) is 1. The highest BCUT2D eigenvalue weighted by molar-refractivity contribution is 6.30. The molecule has 1 aliphatic rings. The number of aromatic nitrogens is 1. The monoisotopic (exact) mass is 389 g/mol. The molecule has 0 radical (unpaired) electrons. The minimum Gasteiger partial charge on any atom is -0.504 e. The van der Waals surface area contributed by atoms with E-state index in [0.29, 0.717) is 36.2 Å². The lowest BCUT2D eigenvalue weighted by Gasteiger charge is -2.27. The van der Waals surface area contributed by atoms with Crippen LogP contribution in [0.4, 0.5) is 0 Å². The molecule has 0 fully saturated rings. The first-order valence-corrected chi connectivity index (χ1v) is 9.38. The van der Waals surface area contributed by atoms with Gasteiger partial charge in [-0.25, -0.2) is 0 Å². The maximum atomic E-state index is 12.4. The van der Waals surface area contributed by atoms with Crippen molar-refractivity contribution < 1.29 is 14.6 Å². The van der Waals surface area contributed by atoms with Crippen LogP contribution in [-0.4, -0.2) is 46.1 Å². The van der Waals surface area contributed by atoms with Gasteiger partial charge in [-0.1, -0.05) is 11.6 Å². The van der Waals surface area contributed by atoms with E-state index in [1.165, 1.54) is 0 Å². The summed E-state index contributed by atoms with van der Waals surface area (Å²) in [6.45, 7) is 7.25. The number of rotatable bonds is 4. The van der Waals surface area contributed by atoms with Crippen molar-refractivity contribution in [2.45, 2.75) is 39.4 Å². The van der Waals surface area contributed by atoms with Crippen LogP contribution in [-0.2, 0) is 11.3 Å². The number of nitrogens with zero attached hydrogens (tertiary/aromatic N) is 2. The van der Waals surface area contributed by atoms with Crippen molar-refractivity contribution in [1.82, 2.24) is 15.2 Å². The SMILES string of the molecule is CC(C)NC(=O)[C@H](C)N1CCOc2c(O)cc(-c3ccc(Cl)cn3)cc2C1. The second-order valence-electron chi connectivity index (χ2n) is 7.00. The van der Waals surface area contributed by atoms with Crippen molar-refractivity contribution >= 4 is 17.5 Å². The Hall–Kier alpha value is -2.31. The number of carbonyl (C=O) groups is 1. The van der Waals surface area contributed by atoms with Crippen LogP contribution in [0.15, 0.2) is 30.5 Å². The van der Waals surface area contributed by atoms with Crippen molar-refractivity contribution in [1.29, 1.82) is 0 Å². The number of hydrogen-bond donors (Lipinski definition) is 2. The lowest BCUT2D eigenvalue weighted by Crippen LogP contribution is -2.47. The lowest BCUT2D eigenvalue weighted by atomic mass is 10.0. The van der Waals surface area contributed by atoms with Crippen LogP contribution in [0.1, 0.15) is 26.3 Å². The molecular weight excluding hydrogens is 366 g/mol. The van der Waals surface area contributed by atoms with Gasteiger partial charge in [-0.15, -0.1) is 0 Å². The maximum Gasteiger partial charge on any atom is 0.237 e. The summed E-state index contributed by atoms with van der Waals surface area (Å²) in [5.41, 5.74) is 2.30. The molecule has 1 amide bonds. The van der Waals surface area contributed by atoms with E-state index >= 15 is 0 Å². The molecule has 2 heterocycles. The summed E-state index contributed by atoms with van der Waals surface area (Å²) < 4.78 is 5.77. The first-order valence-electron chi connectivity index (χ1n) is 9.00. The molecule has 0 spiro atoms. The van der Waals surface area contributed by atoms with Crippen LogP contribution >= 0.6 is 11.6 Å². The lowest BCUT2D eigenvalue weighted by molar-refractivity contribution is -0.126. The molecule has 1 atom stereocenters. The number of phenolic OH excluding ortho intramolecular Hbond substituents is 1. The van der Waals surface area contributed by atoms with Crippen LogP contribution in [0.5, 0.6) is 11.5 Å². The zero-order chi connectivity index (χ0) is 19.6. The van der Waals surface area contributed by atoms with Gasteiger partial charge >= 0.3 is 0 Å². The Balaban J connectivity index is 1.89. The van der Waals surface area contributed by atoms with Crippen LogP contribution < -0.4 is 10.1 Å². The maximum absolute atomic E-state index is 12.4. The first-order chi connectivity index (χ1) is 12.8. The Kier molecular flexibility index (Phi) is 5.87. The van der Waals surface area contributed by atoms with Crippen molar-refractivity contribution in [3.05, 3.63) is 41.0 Å². The van der Waals surface area contributed by atoms with Crippen LogP contribution in [0, 0.1) is 0 Å². The number of fused-ring (bicyclic) bond motifs is 1. The molecule has 2 aromatic rings. The fraction of sp³-hybridized carbons (Fsp3) is 0.400. The predicted octanol–water partition coefficient (Wildman–Crippen LogP) is 3.22. The Morgan fingerprint density at radius 1 is 1.33 bits per heavy atom. The second kappa shape index (κ2) is 8.15. The molecule has 144 valence electrons. The fourth-order valence-corrected chi connectivity index (χ4v) is 3.23. The highest BCUT2D eigenvalue weighted by atomic mass is 35.5. The van der Waals surface area contributed by atoms with Crippen molar-refractivity contribution in [3.63, 3.8) is 0 Å². The third kappa shape index (κ3) is 4.51. The third-order valence-corrected chi connectivity index (χ3v) is 4.75. The molecule has 7 heteroatoms. The van der Waals surface area contributed by atoms with E-state index in [4.69, 9.17) is 16.3 Å². The summed E-state index contributed by atoms with van der Waals surface area (Å²) in [7, 11) is 0. The van der Waals surface area contributed by atoms with E-state index < -0.39 is 0 Å². The normalized spacial score (nSPS) is 15.6. The third-order valence-electron chi connectivity index (χ3n) is 4.53. The summed E-state index contributed by atoms with van der Waals surface area (Å²) in [4.78, 5) is 18.8. The molecule has 1 aliphatic heterocycles. The molecule has 1 aromatic carbocycles. The Labute approximate surface area is 164 Å². The number of amides is 1. The molecule has 27 heavy (non-hydrogen) atoms. The number of benzene rings is 1. The number of halogens is 1. The van der Waals surface area contributed by atoms with Crippen LogP contribution in [0.25, 0.3) is 11.3 Å². The van der Waals surface area contributed by atoms with E-state index in [1.807, 2.05) is 31.7 Å². The molecule has 0 saturated heterocycles. The van der Waals surface area contributed by atoms with Gasteiger partial charge in [-0.05, 0) is 45.0 Å². The fourth-order valence-electron chi connectivity index (χ4n) is 3.12. The highest BCUT2D eigenvalue weighted by Gasteiger charge is 2.26. The van der Waals surface area contributed by atoms with E-state index in [2.05, 4.69) is 10.3 Å². The van der Waals surface area contributed by atoms with E-state index in [0.717, 1.165) is 11.1 Å². The van der Waals surface area contributed by atoms with Crippen molar-refractivity contribution in [3.8, 4) is 22.8 Å². The average molecular weight is 390 g/mol. The standard InChI is InChI=1S/C20H24ClN3O3/c1-12(2)23-20(26)13(3)24-6-7-27-19-15(11-24)8-14(9-18(19)25)17-5-4-16(21)10-22-17/h4-5,8-10,12-13,25H,6-7,11H2,1-3H3,(H,23,26)/t13-/m0/s1. The molecule has 0 aliphatic carbocycles. The molecule has 6 nitrogen and oxygen atoms in total. The summed E-state index contributed by atoms with van der Waals surface area (Å²) >= 11 is 5.91. The van der Waals surface area contributed by atoms with Gasteiger partial charge in [0.05, 0.1) is 16.8 Å². The predicted molar refractivity (Wildman–Crippen MR) is 105 cm³/mol. The number of hydrogen-bond acceptors (Lipinski definition) is 5. The first kappa shape index (κ1) is 19.5. The van der Waals surface area contributed by atoms with E-state index in [9.17, 15) is 9.90 Å². The smallest absolute Gasteiger partial charge is 0.237 e. The van der Waals surface area contributed by atoms with Gasteiger partial charge in [0.2, 0.25) is 5.91 Å². The summed E-state index contributed by atoms with van der Waals surface area (Å²) in [6.07, 6.45) is 1.57. The van der Waals surface area contributed by atoms with Gasteiger partial charge in [-0.2, -0.15) is 0 Å². The molecular formula is C20H24ClN3O3. The highest BCUT2D eigenvalue weighted by Crippen LogP contribution is 2.37. The number of phenols is 1. The summed E-state index contributed by atoms with van der Waals surface area (Å²) in [5.74, 6) is 0.514. The topological polar surface area (TPSA) is 74.7 Å². The van der Waals surface area contributed by atoms with Gasteiger partial charge in [-0.3, -0.25) is 14.7 Å². The van der Waals surface area contributed by atoms with Crippen LogP contribution in [0.3, 0.4) is 0 Å². The summed E-state index contributed by atoms with van der Waals surface area (Å²) in [5, 5.41) is 14.0. The van der Waals surface area contributed by atoms with E-state index in [-0.39, 0.29) is 23.7 Å². The molecule has 0 unspecified atom stereocenters. The van der Waals surface area contributed by atoms with Gasteiger partial charge < -0.3 is 15.2 Å². The zero-order valence-electron chi connectivity index (χ0n) is 15.7. The Morgan fingerprint density at radius 3 is 2.78 bits per heavy atom. The molecule has 2 N–H and O–H groups in total. The largest absolute Gasteiger partial charge is 0.504 e. The minimum atomic E-state index is -0.304. The van der Waals surface area contributed by atoms with E-state index in [1.54, 1.807) is 24.4 Å². The Morgan fingerprint density at radius 2 is 2.11 bits per heavy atom. The molecule has 1 aromatic heterocycles. The van der Waals surface area contributed by atoms with Gasteiger partial charge in [0, 0.05) is 36.5 Å². The van der Waals surface area contributed by atoms with Crippen molar-refractivity contribution in [2.24, 2.45) is 0 Å². The Bertz CT molecular complexity index is 824. The molecule has 0 saturated carbocycles. The summed E-state index contributed by atoms with van der Waals surface area (Å²) in [6, 6.07) is 6.92. The number of aromatic hydroxyl groups is 1. The molecule has 0 bridgehead atoms. The minimum absolute atomic E-state index is 0.0202. The quantitative estimate of drug-likeness (QED) is 0.839. The van der Waals surface area contributed by atoms with Gasteiger partial charge in [0.15, 0.2) is 11.5 Å². The number of nitrogens with one attached hydrogen (secondary N) is 1.